The topological polar surface area (TPSA) is 98.5 Å². The summed E-state index contributed by atoms with van der Waals surface area (Å²) in [4.78, 5) is 28.1. The van der Waals surface area contributed by atoms with E-state index in [1.54, 1.807) is 35.9 Å². The highest BCUT2D eigenvalue weighted by Gasteiger charge is 2.40. The second-order valence-electron chi connectivity index (χ2n) is 7.22. The number of nitrogens with one attached hydrogen (secondary N) is 1. The number of hydrogen-bond acceptors (Lipinski definition) is 7. The summed E-state index contributed by atoms with van der Waals surface area (Å²) >= 11 is 0. The number of allylic oxidation sites excluding steroid dienone is 2. The van der Waals surface area contributed by atoms with E-state index in [4.69, 9.17) is 5.10 Å². The molecule has 0 radical (unpaired) electrons. The number of carbonyl (C=O) groups is 1. The Morgan fingerprint density at radius 3 is 2.41 bits per heavy atom. The van der Waals surface area contributed by atoms with Crippen LogP contribution in [0.25, 0.3) is 12.3 Å². The maximum atomic E-state index is 10.9. The monoisotopic (exact) mass is 385 g/mol. The fourth-order valence-corrected chi connectivity index (χ4v) is 3.74. The molecule has 5 rings (SSSR count). The van der Waals surface area contributed by atoms with Crippen LogP contribution in [0.15, 0.2) is 49.3 Å². The first-order valence-electron chi connectivity index (χ1n) is 9.52. The highest BCUT2D eigenvalue weighted by molar-refractivity contribution is 5.74. The summed E-state index contributed by atoms with van der Waals surface area (Å²) in [5, 5.41) is 8.20. The van der Waals surface area contributed by atoms with Gasteiger partial charge in [0, 0.05) is 36.6 Å². The maximum Gasteiger partial charge on any atom is 0.156 e. The van der Waals surface area contributed by atoms with Gasteiger partial charge in [-0.3, -0.25) is 4.79 Å². The molecule has 0 amide bonds. The van der Waals surface area contributed by atoms with E-state index in [-0.39, 0.29) is 0 Å². The Hall–Kier alpha value is -3.68. The van der Waals surface area contributed by atoms with Crippen LogP contribution in [-0.2, 0) is 16.6 Å². The van der Waals surface area contributed by atoms with Gasteiger partial charge >= 0.3 is 0 Å². The quantitative estimate of drug-likeness (QED) is 0.513. The van der Waals surface area contributed by atoms with Gasteiger partial charge in [0.05, 0.1) is 22.5 Å². The lowest BCUT2D eigenvalue weighted by Crippen LogP contribution is -2.33. The second kappa shape index (κ2) is 7.05. The fourth-order valence-electron chi connectivity index (χ4n) is 3.74. The zero-order chi connectivity index (χ0) is 19.7. The summed E-state index contributed by atoms with van der Waals surface area (Å²) in [6, 6.07) is 4.28. The molecule has 29 heavy (non-hydrogen) atoms. The van der Waals surface area contributed by atoms with Crippen molar-refractivity contribution in [2.75, 3.05) is 5.32 Å². The van der Waals surface area contributed by atoms with E-state index in [2.05, 4.69) is 37.4 Å². The van der Waals surface area contributed by atoms with Crippen molar-refractivity contribution >= 4 is 24.4 Å². The zero-order valence-corrected chi connectivity index (χ0v) is 15.6. The van der Waals surface area contributed by atoms with Crippen LogP contribution in [0.1, 0.15) is 35.5 Å². The zero-order valence-electron chi connectivity index (χ0n) is 15.6. The summed E-state index contributed by atoms with van der Waals surface area (Å²) in [6.45, 7) is 0. The highest BCUT2D eigenvalue weighted by atomic mass is 16.1. The third kappa shape index (κ3) is 3.12. The summed E-state index contributed by atoms with van der Waals surface area (Å²) in [7, 11) is 0. The summed E-state index contributed by atoms with van der Waals surface area (Å²) < 4.78 is 1.77. The summed E-state index contributed by atoms with van der Waals surface area (Å²) in [6.07, 6.45) is 17.6. The van der Waals surface area contributed by atoms with Gasteiger partial charge in [-0.1, -0.05) is 12.2 Å². The Balaban J connectivity index is 1.67. The van der Waals surface area contributed by atoms with Gasteiger partial charge in [-0.05, 0) is 31.1 Å². The summed E-state index contributed by atoms with van der Waals surface area (Å²) in [5.41, 5.74) is 3.13. The molecule has 0 unspecified atom stereocenters. The number of anilines is 1. The lowest BCUT2D eigenvalue weighted by atomic mass is 9.73. The third-order valence-electron chi connectivity index (χ3n) is 5.33. The van der Waals surface area contributed by atoms with Gasteiger partial charge in [-0.15, -0.1) is 0 Å². The van der Waals surface area contributed by atoms with E-state index in [1.165, 1.54) is 6.08 Å². The number of aromatic nitrogens is 6. The molecule has 0 aliphatic heterocycles. The third-order valence-corrected chi connectivity index (χ3v) is 5.33. The molecule has 3 aromatic heterocycles. The number of carbonyl (C=O) groups excluding carboxylic acids is 1. The van der Waals surface area contributed by atoms with Crippen molar-refractivity contribution in [2.24, 2.45) is 0 Å². The van der Waals surface area contributed by atoms with Crippen LogP contribution in [0.5, 0.6) is 0 Å². The molecular weight excluding hydrogens is 366 g/mol. The van der Waals surface area contributed by atoms with E-state index in [0.717, 1.165) is 47.6 Å². The average molecular weight is 385 g/mol. The molecule has 2 aliphatic carbocycles. The molecule has 1 N–H and O–H groups in total. The van der Waals surface area contributed by atoms with Crippen molar-refractivity contribution in [2.45, 2.75) is 30.7 Å². The molecule has 0 aromatic carbocycles. The first-order valence-corrected chi connectivity index (χ1v) is 9.52. The van der Waals surface area contributed by atoms with Gasteiger partial charge in [0.2, 0.25) is 0 Å². The van der Waals surface area contributed by atoms with E-state index < -0.39 is 5.41 Å². The van der Waals surface area contributed by atoms with E-state index in [9.17, 15) is 4.79 Å². The first-order chi connectivity index (χ1) is 14.3. The molecule has 3 aromatic rings. The van der Waals surface area contributed by atoms with Crippen LogP contribution >= 0.6 is 0 Å². The minimum atomic E-state index is -0.581. The van der Waals surface area contributed by atoms with Crippen molar-refractivity contribution in [3.8, 4) is 0 Å². The number of hydrogen-bond donors (Lipinski definition) is 1. The smallest absolute Gasteiger partial charge is 0.156 e. The minimum Gasteiger partial charge on any atom is -0.365 e. The van der Waals surface area contributed by atoms with Crippen molar-refractivity contribution in [1.29, 1.82) is 0 Å². The number of nitrogens with zero attached hydrogens (tertiary/aromatic N) is 6. The molecule has 3 heterocycles. The molecule has 0 atom stereocenters. The van der Waals surface area contributed by atoms with Gasteiger partial charge in [0.1, 0.15) is 18.9 Å². The summed E-state index contributed by atoms with van der Waals surface area (Å²) in [5.74, 6) is 0.841. The molecule has 8 heteroatoms. The number of aldehydes is 1. The standard InChI is InChI=1S/C21H19N7O/c29-11-1-10-28-17-12-21(18-5-8-22-13-24-18,19-6-9-23-14-25-19)7-4-16(17)20(27-28)26-15-2-3-15/h1,4-11,13-15H,2-3,12H2,(H,26,27). The molecule has 2 aliphatic rings. The van der Waals surface area contributed by atoms with Gasteiger partial charge < -0.3 is 5.32 Å². The molecule has 144 valence electrons. The van der Waals surface area contributed by atoms with E-state index in [1.807, 2.05) is 12.1 Å². The Labute approximate surface area is 167 Å². The van der Waals surface area contributed by atoms with Crippen LogP contribution in [0, 0.1) is 0 Å². The van der Waals surface area contributed by atoms with Crippen molar-refractivity contribution in [1.82, 2.24) is 29.7 Å². The molecule has 1 fully saturated rings. The van der Waals surface area contributed by atoms with Crippen LogP contribution in [-0.4, -0.2) is 42.0 Å². The van der Waals surface area contributed by atoms with E-state index >= 15 is 0 Å². The van der Waals surface area contributed by atoms with Crippen LogP contribution < -0.4 is 5.32 Å². The van der Waals surface area contributed by atoms with Gasteiger partial charge in [-0.2, -0.15) is 5.10 Å². The van der Waals surface area contributed by atoms with Crippen LogP contribution in [0.2, 0.25) is 0 Å². The maximum absolute atomic E-state index is 10.9. The van der Waals surface area contributed by atoms with Gasteiger partial charge in [-0.25, -0.2) is 24.6 Å². The first kappa shape index (κ1) is 17.4. The molecule has 1 saturated carbocycles. The molecule has 0 spiro atoms. The lowest BCUT2D eigenvalue weighted by Gasteiger charge is -2.32. The highest BCUT2D eigenvalue weighted by Crippen LogP contribution is 2.42. The molecule has 0 saturated heterocycles. The molecule has 8 nitrogen and oxygen atoms in total. The SMILES string of the molecule is O=CC=Cn1nc(NC2CC2)c2c1CC(c1ccncn1)(c1ccncn1)C=C2. The molecular formula is C21H19N7O. The lowest BCUT2D eigenvalue weighted by molar-refractivity contribution is -0.104. The minimum absolute atomic E-state index is 0.473. The largest absolute Gasteiger partial charge is 0.365 e. The number of rotatable bonds is 6. The Morgan fingerprint density at radius 2 is 1.83 bits per heavy atom. The van der Waals surface area contributed by atoms with Gasteiger partial charge in [0.15, 0.2) is 5.82 Å². The van der Waals surface area contributed by atoms with Gasteiger partial charge in [0.25, 0.3) is 0 Å². The van der Waals surface area contributed by atoms with Crippen molar-refractivity contribution in [3.05, 3.63) is 72.0 Å². The predicted octanol–water partition coefficient (Wildman–Crippen LogP) is 2.26. The number of fused-ring (bicyclic) bond motifs is 1. The normalized spacial score (nSPS) is 17.2. The van der Waals surface area contributed by atoms with E-state index in [0.29, 0.717) is 12.5 Å². The fraction of sp³-hybridized carbons (Fsp3) is 0.238. The molecule has 0 bridgehead atoms. The predicted molar refractivity (Wildman–Crippen MR) is 108 cm³/mol. The Morgan fingerprint density at radius 1 is 1.10 bits per heavy atom. The van der Waals surface area contributed by atoms with Crippen molar-refractivity contribution < 1.29 is 4.79 Å². The second-order valence-corrected chi connectivity index (χ2v) is 7.22. The average Bonchev–Trinajstić information content (AvgIpc) is 3.54. The van der Waals surface area contributed by atoms with Crippen LogP contribution in [0.4, 0.5) is 5.82 Å². The van der Waals surface area contributed by atoms with Crippen LogP contribution in [0.3, 0.4) is 0 Å². The Bertz CT molecular complexity index is 1050. The Kier molecular flexibility index (Phi) is 4.23. The van der Waals surface area contributed by atoms with Crippen molar-refractivity contribution in [3.63, 3.8) is 0 Å².